The number of rotatable bonds is 7. The lowest BCUT2D eigenvalue weighted by Crippen LogP contribution is -2.46. The number of amides is 2. The summed E-state index contributed by atoms with van der Waals surface area (Å²) in [5.74, 6) is 0.293. The average Bonchev–Trinajstić information content (AvgIpc) is 2.65. The number of nitrogens with zero attached hydrogens (tertiary/aromatic N) is 1. The van der Waals surface area contributed by atoms with Gasteiger partial charge in [0.2, 0.25) is 15.9 Å². The summed E-state index contributed by atoms with van der Waals surface area (Å²) in [6, 6.07) is 4.31. The number of likely N-dealkylation sites (tertiary alicyclic amines) is 1. The normalized spacial score (nSPS) is 15.8. The lowest BCUT2D eigenvalue weighted by molar-refractivity contribution is -0.133. The van der Waals surface area contributed by atoms with Crippen molar-refractivity contribution < 1.29 is 22.7 Å². The molecule has 0 unspecified atom stereocenters. The van der Waals surface area contributed by atoms with Crippen molar-refractivity contribution in [3.05, 3.63) is 23.8 Å². The SMILES string of the molecule is COc1ccc(C(=O)NC2CCN(C(=O)CC(C)C)CC2)cc1S(=O)(=O)NC(C)(C)C. The van der Waals surface area contributed by atoms with Crippen LogP contribution in [0.3, 0.4) is 0 Å². The second kappa shape index (κ2) is 9.99. The van der Waals surface area contributed by atoms with E-state index in [-0.39, 0.29) is 34.1 Å². The smallest absolute Gasteiger partial charge is 0.251 e. The molecule has 1 saturated heterocycles. The van der Waals surface area contributed by atoms with Crippen molar-refractivity contribution in [1.29, 1.82) is 0 Å². The van der Waals surface area contributed by atoms with Crippen LogP contribution in [0.4, 0.5) is 0 Å². The van der Waals surface area contributed by atoms with E-state index in [2.05, 4.69) is 10.0 Å². The molecule has 0 aliphatic carbocycles. The molecule has 1 fully saturated rings. The first kappa shape index (κ1) is 25.1. The standard InChI is InChI=1S/C22H35N3O5S/c1-15(2)13-20(26)25-11-9-17(10-12-25)23-21(27)16-7-8-18(30-6)19(14-16)31(28,29)24-22(3,4)5/h7-8,14-15,17,24H,9-13H2,1-6H3,(H,23,27). The largest absolute Gasteiger partial charge is 0.495 e. The third-order valence-corrected chi connectivity index (χ3v) is 6.70. The van der Waals surface area contributed by atoms with Crippen molar-refractivity contribution in [2.24, 2.45) is 5.92 Å². The van der Waals surface area contributed by atoms with Gasteiger partial charge in [0.05, 0.1) is 7.11 Å². The van der Waals surface area contributed by atoms with Gasteiger partial charge in [-0.3, -0.25) is 9.59 Å². The molecule has 0 radical (unpaired) electrons. The highest BCUT2D eigenvalue weighted by Crippen LogP contribution is 2.26. The Kier molecular flexibility index (Phi) is 8.10. The van der Waals surface area contributed by atoms with Crippen molar-refractivity contribution >= 4 is 21.8 Å². The Morgan fingerprint density at radius 3 is 2.32 bits per heavy atom. The molecule has 1 aliphatic heterocycles. The number of carbonyl (C=O) groups is 2. The van der Waals surface area contributed by atoms with E-state index in [1.807, 2.05) is 18.7 Å². The Bertz CT molecular complexity index is 898. The summed E-state index contributed by atoms with van der Waals surface area (Å²) >= 11 is 0. The third kappa shape index (κ3) is 7.21. The third-order valence-electron chi connectivity index (χ3n) is 4.92. The number of benzene rings is 1. The fourth-order valence-electron chi connectivity index (χ4n) is 3.51. The molecule has 9 heteroatoms. The molecule has 8 nitrogen and oxygen atoms in total. The molecule has 1 aromatic rings. The zero-order chi connectivity index (χ0) is 23.4. The number of sulfonamides is 1. The molecule has 0 spiro atoms. The van der Waals surface area contributed by atoms with Crippen LogP contribution in [0.1, 0.15) is 64.2 Å². The first-order valence-corrected chi connectivity index (χ1v) is 12.1. The molecule has 2 N–H and O–H groups in total. The summed E-state index contributed by atoms with van der Waals surface area (Å²) in [4.78, 5) is 26.8. The Hall–Kier alpha value is -2.13. The molecule has 2 rings (SSSR count). The van der Waals surface area contributed by atoms with E-state index in [0.29, 0.717) is 38.3 Å². The molecule has 0 aromatic heterocycles. The first-order chi connectivity index (χ1) is 14.3. The second-order valence-electron chi connectivity index (χ2n) is 9.45. The van der Waals surface area contributed by atoms with E-state index in [1.54, 1.807) is 26.8 Å². The molecule has 1 heterocycles. The van der Waals surface area contributed by atoms with Gasteiger partial charge in [0, 0.05) is 36.7 Å². The fourth-order valence-corrected chi connectivity index (χ4v) is 5.12. The van der Waals surface area contributed by atoms with Gasteiger partial charge in [0.25, 0.3) is 5.91 Å². The molecule has 0 bridgehead atoms. The van der Waals surface area contributed by atoms with E-state index < -0.39 is 15.6 Å². The van der Waals surface area contributed by atoms with Crippen LogP contribution in [0.15, 0.2) is 23.1 Å². The van der Waals surface area contributed by atoms with Crippen LogP contribution in [0, 0.1) is 5.92 Å². The Morgan fingerprint density at radius 2 is 1.81 bits per heavy atom. The van der Waals surface area contributed by atoms with Crippen molar-refractivity contribution in [3.8, 4) is 5.75 Å². The van der Waals surface area contributed by atoms with Gasteiger partial charge in [-0.25, -0.2) is 13.1 Å². The maximum absolute atomic E-state index is 12.8. The average molecular weight is 454 g/mol. The van der Waals surface area contributed by atoms with Crippen LogP contribution >= 0.6 is 0 Å². The number of hydrogen-bond donors (Lipinski definition) is 2. The molecule has 1 aliphatic rings. The fraction of sp³-hybridized carbons (Fsp3) is 0.636. The van der Waals surface area contributed by atoms with Crippen LogP contribution in [-0.2, 0) is 14.8 Å². The minimum absolute atomic E-state index is 0.0644. The first-order valence-electron chi connectivity index (χ1n) is 10.6. The van der Waals surface area contributed by atoms with Crippen molar-refractivity contribution in [2.75, 3.05) is 20.2 Å². The van der Waals surface area contributed by atoms with Crippen LogP contribution in [0.25, 0.3) is 0 Å². The minimum Gasteiger partial charge on any atom is -0.495 e. The number of carbonyl (C=O) groups excluding carboxylic acids is 2. The van der Waals surface area contributed by atoms with Gasteiger partial charge in [0.1, 0.15) is 10.6 Å². The summed E-state index contributed by atoms with van der Waals surface area (Å²) in [5.41, 5.74) is -0.434. The minimum atomic E-state index is -3.88. The maximum Gasteiger partial charge on any atom is 0.251 e. The van der Waals surface area contributed by atoms with Gasteiger partial charge in [-0.1, -0.05) is 13.8 Å². The van der Waals surface area contributed by atoms with Gasteiger partial charge < -0.3 is 15.0 Å². The lowest BCUT2D eigenvalue weighted by Gasteiger charge is -2.33. The Morgan fingerprint density at radius 1 is 1.19 bits per heavy atom. The van der Waals surface area contributed by atoms with Gasteiger partial charge in [-0.05, 0) is 57.7 Å². The zero-order valence-corrected chi connectivity index (χ0v) is 20.1. The predicted molar refractivity (Wildman–Crippen MR) is 120 cm³/mol. The predicted octanol–water partition coefficient (Wildman–Crippen LogP) is 2.54. The molecule has 1 aromatic carbocycles. The van der Waals surface area contributed by atoms with Crippen molar-refractivity contribution in [1.82, 2.24) is 14.9 Å². The lowest BCUT2D eigenvalue weighted by atomic mass is 10.0. The van der Waals surface area contributed by atoms with Crippen LogP contribution in [0.5, 0.6) is 5.75 Å². The number of nitrogens with one attached hydrogen (secondary N) is 2. The van der Waals surface area contributed by atoms with Gasteiger partial charge in [-0.15, -0.1) is 0 Å². The van der Waals surface area contributed by atoms with Crippen LogP contribution < -0.4 is 14.8 Å². The Labute approximate surface area is 185 Å². The summed E-state index contributed by atoms with van der Waals surface area (Å²) in [6.07, 6.45) is 1.87. The number of methoxy groups -OCH3 is 1. The highest BCUT2D eigenvalue weighted by molar-refractivity contribution is 7.89. The zero-order valence-electron chi connectivity index (χ0n) is 19.3. The van der Waals surface area contributed by atoms with Crippen molar-refractivity contribution in [3.63, 3.8) is 0 Å². The molecule has 0 saturated carbocycles. The molecule has 31 heavy (non-hydrogen) atoms. The van der Waals surface area contributed by atoms with E-state index in [1.165, 1.54) is 19.2 Å². The van der Waals surface area contributed by atoms with Gasteiger partial charge in [-0.2, -0.15) is 0 Å². The Balaban J connectivity index is 2.09. The molecule has 2 amide bonds. The van der Waals surface area contributed by atoms with E-state index >= 15 is 0 Å². The number of piperidine rings is 1. The molecular formula is C22H35N3O5S. The van der Waals surface area contributed by atoms with Crippen LogP contribution in [-0.4, -0.2) is 56.9 Å². The van der Waals surface area contributed by atoms with E-state index in [9.17, 15) is 18.0 Å². The van der Waals surface area contributed by atoms with Gasteiger partial charge >= 0.3 is 0 Å². The summed E-state index contributed by atoms with van der Waals surface area (Å²) in [6.45, 7) is 10.5. The van der Waals surface area contributed by atoms with E-state index in [0.717, 1.165) is 0 Å². The van der Waals surface area contributed by atoms with Crippen molar-refractivity contribution in [2.45, 2.75) is 70.4 Å². The highest BCUT2D eigenvalue weighted by Gasteiger charge is 2.28. The monoisotopic (exact) mass is 453 g/mol. The number of hydrogen-bond acceptors (Lipinski definition) is 5. The summed E-state index contributed by atoms with van der Waals surface area (Å²) < 4.78 is 33.4. The summed E-state index contributed by atoms with van der Waals surface area (Å²) in [5, 5.41) is 2.97. The highest BCUT2D eigenvalue weighted by atomic mass is 32.2. The van der Waals surface area contributed by atoms with Gasteiger partial charge in [0.15, 0.2) is 0 Å². The second-order valence-corrected chi connectivity index (χ2v) is 11.1. The van der Waals surface area contributed by atoms with Crippen LogP contribution in [0.2, 0.25) is 0 Å². The maximum atomic E-state index is 12.8. The molecular weight excluding hydrogens is 418 g/mol. The quantitative estimate of drug-likeness (QED) is 0.660. The summed E-state index contributed by atoms with van der Waals surface area (Å²) in [7, 11) is -2.49. The molecule has 174 valence electrons. The molecule has 0 atom stereocenters. The van der Waals surface area contributed by atoms with E-state index in [4.69, 9.17) is 4.74 Å². The number of ether oxygens (including phenoxy) is 1. The topological polar surface area (TPSA) is 105 Å².